The number of nitrogens with zero attached hydrogens (tertiary/aromatic N) is 2. The van der Waals surface area contributed by atoms with Gasteiger partial charge in [0.05, 0.1) is 13.4 Å². The molecule has 11 heavy (non-hydrogen) atoms. The molecule has 4 heteroatoms. The summed E-state index contributed by atoms with van der Waals surface area (Å²) in [6.07, 6.45) is 1.52. The second kappa shape index (κ2) is 3.01. The SMILES string of the molecule is C=Nc1nc[nH]c1C(=C)OC. The molecule has 0 atom stereocenters. The van der Waals surface area contributed by atoms with Crippen molar-refractivity contribution in [3.63, 3.8) is 0 Å². The summed E-state index contributed by atoms with van der Waals surface area (Å²) in [6.45, 7) is 6.99. The number of methoxy groups -OCH3 is 1. The monoisotopic (exact) mass is 151 g/mol. The van der Waals surface area contributed by atoms with E-state index < -0.39 is 0 Å². The molecule has 1 aromatic rings. The van der Waals surface area contributed by atoms with Gasteiger partial charge in [-0.05, 0) is 6.72 Å². The smallest absolute Gasteiger partial charge is 0.180 e. The van der Waals surface area contributed by atoms with Crippen molar-refractivity contribution in [2.45, 2.75) is 0 Å². The van der Waals surface area contributed by atoms with Crippen LogP contribution in [0, 0.1) is 0 Å². The summed E-state index contributed by atoms with van der Waals surface area (Å²) in [5, 5.41) is 0. The molecule has 0 saturated heterocycles. The molecule has 0 saturated carbocycles. The first-order valence-corrected chi connectivity index (χ1v) is 3.03. The summed E-state index contributed by atoms with van der Waals surface area (Å²) in [6, 6.07) is 0. The van der Waals surface area contributed by atoms with E-state index in [1.54, 1.807) is 0 Å². The van der Waals surface area contributed by atoms with E-state index in [0.29, 0.717) is 17.3 Å². The van der Waals surface area contributed by atoms with E-state index in [1.807, 2.05) is 0 Å². The van der Waals surface area contributed by atoms with Crippen molar-refractivity contribution in [1.82, 2.24) is 9.97 Å². The van der Waals surface area contributed by atoms with Crippen molar-refractivity contribution in [3.8, 4) is 0 Å². The van der Waals surface area contributed by atoms with Gasteiger partial charge in [0.1, 0.15) is 11.5 Å². The maximum atomic E-state index is 4.88. The van der Waals surface area contributed by atoms with Gasteiger partial charge < -0.3 is 9.72 Å². The number of nitrogens with one attached hydrogen (secondary N) is 1. The summed E-state index contributed by atoms with van der Waals surface area (Å²) in [5.41, 5.74) is 0.669. The molecule has 0 spiro atoms. The fourth-order valence-corrected chi connectivity index (χ4v) is 0.714. The van der Waals surface area contributed by atoms with Gasteiger partial charge in [-0.25, -0.2) is 9.98 Å². The first kappa shape index (κ1) is 7.53. The predicted octanol–water partition coefficient (Wildman–Crippen LogP) is 1.36. The molecule has 0 aliphatic rings. The van der Waals surface area contributed by atoms with Gasteiger partial charge in [-0.1, -0.05) is 6.58 Å². The second-order valence-corrected chi connectivity index (χ2v) is 1.89. The van der Waals surface area contributed by atoms with Crippen LogP contribution in [0.3, 0.4) is 0 Å². The van der Waals surface area contributed by atoms with Gasteiger partial charge in [-0.15, -0.1) is 0 Å². The Morgan fingerprint density at radius 2 is 2.55 bits per heavy atom. The van der Waals surface area contributed by atoms with E-state index in [-0.39, 0.29) is 0 Å². The van der Waals surface area contributed by atoms with Gasteiger partial charge in [-0.3, -0.25) is 0 Å². The number of hydrogen-bond donors (Lipinski definition) is 1. The molecule has 1 rings (SSSR count). The highest BCUT2D eigenvalue weighted by Crippen LogP contribution is 2.20. The Morgan fingerprint density at radius 3 is 3.09 bits per heavy atom. The zero-order chi connectivity index (χ0) is 8.27. The van der Waals surface area contributed by atoms with Crippen LogP contribution in [-0.2, 0) is 4.74 Å². The van der Waals surface area contributed by atoms with Gasteiger partial charge in [0.15, 0.2) is 5.82 Å². The van der Waals surface area contributed by atoms with E-state index in [9.17, 15) is 0 Å². The van der Waals surface area contributed by atoms with Crippen LogP contribution >= 0.6 is 0 Å². The summed E-state index contributed by atoms with van der Waals surface area (Å²) >= 11 is 0. The minimum atomic E-state index is 0.505. The summed E-state index contributed by atoms with van der Waals surface area (Å²) in [7, 11) is 1.54. The minimum Gasteiger partial charge on any atom is -0.495 e. The molecule has 58 valence electrons. The fraction of sp³-hybridized carbons (Fsp3) is 0.143. The molecular weight excluding hydrogens is 142 g/mol. The number of aromatic amines is 1. The molecule has 0 bridgehead atoms. The summed E-state index contributed by atoms with van der Waals surface area (Å²) in [5.74, 6) is 1.02. The normalized spacial score (nSPS) is 9.18. The number of ether oxygens (including phenoxy) is 1. The van der Waals surface area contributed by atoms with Crippen molar-refractivity contribution in [3.05, 3.63) is 18.6 Å². The average molecular weight is 151 g/mol. The van der Waals surface area contributed by atoms with Crippen molar-refractivity contribution in [1.29, 1.82) is 0 Å². The Kier molecular flexibility index (Phi) is 2.06. The second-order valence-electron chi connectivity index (χ2n) is 1.89. The van der Waals surface area contributed by atoms with Crippen LogP contribution in [-0.4, -0.2) is 23.8 Å². The quantitative estimate of drug-likeness (QED) is 0.523. The third kappa shape index (κ3) is 1.29. The largest absolute Gasteiger partial charge is 0.495 e. The minimum absolute atomic E-state index is 0.505. The number of aliphatic imine (C=N–C) groups is 1. The van der Waals surface area contributed by atoms with Gasteiger partial charge >= 0.3 is 0 Å². The molecule has 0 amide bonds. The van der Waals surface area contributed by atoms with Gasteiger partial charge in [0.2, 0.25) is 0 Å². The van der Waals surface area contributed by atoms with Crippen LogP contribution in [0.5, 0.6) is 0 Å². The Labute approximate surface area is 64.6 Å². The first-order valence-electron chi connectivity index (χ1n) is 3.03. The molecule has 1 N–H and O–H groups in total. The van der Waals surface area contributed by atoms with E-state index in [4.69, 9.17) is 4.74 Å². The lowest BCUT2D eigenvalue weighted by Crippen LogP contribution is -1.84. The van der Waals surface area contributed by atoms with Gasteiger partial charge in [-0.2, -0.15) is 0 Å². The third-order valence-corrected chi connectivity index (χ3v) is 1.29. The predicted molar refractivity (Wildman–Crippen MR) is 43.8 cm³/mol. The maximum absolute atomic E-state index is 4.88. The van der Waals surface area contributed by atoms with Crippen LogP contribution in [0.15, 0.2) is 17.9 Å². The molecule has 1 aromatic heterocycles. The molecule has 0 unspecified atom stereocenters. The van der Waals surface area contributed by atoms with Crippen molar-refractivity contribution in [2.75, 3.05) is 7.11 Å². The molecule has 1 heterocycles. The third-order valence-electron chi connectivity index (χ3n) is 1.29. The zero-order valence-electron chi connectivity index (χ0n) is 6.29. The van der Waals surface area contributed by atoms with Crippen LogP contribution in [0.4, 0.5) is 5.82 Å². The van der Waals surface area contributed by atoms with Crippen LogP contribution < -0.4 is 0 Å². The van der Waals surface area contributed by atoms with E-state index in [2.05, 4.69) is 28.3 Å². The highest BCUT2D eigenvalue weighted by atomic mass is 16.5. The summed E-state index contributed by atoms with van der Waals surface area (Å²) in [4.78, 5) is 10.4. The molecule has 0 aliphatic heterocycles. The lowest BCUT2D eigenvalue weighted by atomic mass is 10.4. The molecule has 0 fully saturated rings. The Morgan fingerprint density at radius 1 is 1.82 bits per heavy atom. The lowest BCUT2D eigenvalue weighted by Gasteiger charge is -1.99. The zero-order valence-corrected chi connectivity index (χ0v) is 6.29. The number of aromatic nitrogens is 2. The number of rotatable bonds is 3. The number of hydrogen-bond acceptors (Lipinski definition) is 3. The van der Waals surface area contributed by atoms with Crippen LogP contribution in [0.1, 0.15) is 5.69 Å². The molecule has 0 aliphatic carbocycles. The average Bonchev–Trinajstić information content (AvgIpc) is 2.50. The van der Waals surface area contributed by atoms with E-state index >= 15 is 0 Å². The van der Waals surface area contributed by atoms with E-state index in [1.165, 1.54) is 13.4 Å². The van der Waals surface area contributed by atoms with Crippen molar-refractivity contribution in [2.24, 2.45) is 4.99 Å². The fourth-order valence-electron chi connectivity index (χ4n) is 0.714. The van der Waals surface area contributed by atoms with Gasteiger partial charge in [0, 0.05) is 0 Å². The Balaban J connectivity index is 3.01. The number of H-pyrrole nitrogens is 1. The van der Waals surface area contributed by atoms with E-state index in [0.717, 1.165) is 0 Å². The molecule has 0 radical (unpaired) electrons. The lowest BCUT2D eigenvalue weighted by molar-refractivity contribution is 0.370. The Bertz CT molecular complexity index is 277. The maximum Gasteiger partial charge on any atom is 0.180 e. The first-order chi connectivity index (χ1) is 5.29. The van der Waals surface area contributed by atoms with Crippen LogP contribution in [0.2, 0.25) is 0 Å². The molecule has 4 nitrogen and oxygen atoms in total. The topological polar surface area (TPSA) is 50.3 Å². The number of imidazole rings is 1. The van der Waals surface area contributed by atoms with Crippen molar-refractivity contribution >= 4 is 18.3 Å². The summed E-state index contributed by atoms with van der Waals surface area (Å²) < 4.78 is 4.88. The molecular formula is C7H9N3O. The van der Waals surface area contributed by atoms with Gasteiger partial charge in [0.25, 0.3) is 0 Å². The van der Waals surface area contributed by atoms with Crippen molar-refractivity contribution < 1.29 is 4.74 Å². The Hall–Kier alpha value is -1.58. The highest BCUT2D eigenvalue weighted by Gasteiger charge is 2.06. The molecule has 0 aromatic carbocycles. The highest BCUT2D eigenvalue weighted by molar-refractivity contribution is 5.64. The van der Waals surface area contributed by atoms with Crippen LogP contribution in [0.25, 0.3) is 5.76 Å². The standard InChI is InChI=1S/C7H9N3O/c1-5(11-3)6-7(8-2)10-4-9-6/h4H,1-2H2,3H3,(H,9,10).